The predicted molar refractivity (Wildman–Crippen MR) is 83.4 cm³/mol. The van der Waals surface area contributed by atoms with Gasteiger partial charge in [0.1, 0.15) is 0 Å². The molecule has 0 heterocycles. The van der Waals surface area contributed by atoms with E-state index in [1.165, 1.54) is 27.7 Å². The summed E-state index contributed by atoms with van der Waals surface area (Å²) in [7, 11) is 0. The van der Waals surface area contributed by atoms with Crippen LogP contribution in [0.3, 0.4) is 0 Å². The number of ketones is 1. The molecule has 2 atom stereocenters. The van der Waals surface area contributed by atoms with Gasteiger partial charge in [0.2, 0.25) is 5.78 Å². The van der Waals surface area contributed by atoms with Crippen molar-refractivity contribution in [2.75, 3.05) is 6.61 Å². The first-order valence-electron chi connectivity index (χ1n) is 6.48. The number of hydrogen-bond donors (Lipinski definition) is 0. The molecule has 0 saturated carbocycles. The van der Waals surface area contributed by atoms with Gasteiger partial charge in [-0.25, -0.2) is 14.4 Å². The molecule has 0 spiro atoms. The average molecular weight is 328 g/mol. The summed E-state index contributed by atoms with van der Waals surface area (Å²) in [5.74, 6) is -2.95. The fourth-order valence-corrected chi connectivity index (χ4v) is 1.01. The highest BCUT2D eigenvalue weighted by Crippen LogP contribution is 2.03. The Labute approximate surface area is 136 Å². The maximum atomic E-state index is 11.7. The number of esters is 3. The van der Waals surface area contributed by atoms with Crippen LogP contribution in [0, 0.1) is 0 Å². The lowest BCUT2D eigenvalue weighted by Gasteiger charge is -2.14. The van der Waals surface area contributed by atoms with Crippen LogP contribution >= 0.6 is 0 Å². The van der Waals surface area contributed by atoms with Gasteiger partial charge in [0.05, 0.1) is 0 Å². The van der Waals surface area contributed by atoms with Gasteiger partial charge in [0, 0.05) is 11.1 Å². The molecule has 0 aliphatic heterocycles. The SMILES string of the molecule is C.C=C(C)C(=O)OC(C)C(=O)COC(=O)C(C)OC(=O)C(=C)C. The van der Waals surface area contributed by atoms with E-state index in [1.54, 1.807) is 0 Å². The number of Topliss-reactive ketones (excluding diaryl/α,β-unsaturated/α-hetero) is 1. The van der Waals surface area contributed by atoms with Crippen LogP contribution < -0.4 is 0 Å². The molecule has 0 aromatic heterocycles. The molecule has 2 unspecified atom stereocenters. The van der Waals surface area contributed by atoms with E-state index in [0.29, 0.717) is 0 Å². The Morgan fingerprint density at radius 2 is 1.26 bits per heavy atom. The second-order valence-electron chi connectivity index (χ2n) is 4.73. The summed E-state index contributed by atoms with van der Waals surface area (Å²) in [4.78, 5) is 45.7. The largest absolute Gasteiger partial charge is 0.455 e. The first kappa shape index (κ1) is 22.8. The summed E-state index contributed by atoms with van der Waals surface area (Å²) in [5.41, 5.74) is 0.285. The molecule has 0 bridgehead atoms. The molecule has 0 aliphatic rings. The first-order chi connectivity index (χ1) is 10.1. The highest BCUT2D eigenvalue weighted by atomic mass is 16.6. The molecule has 130 valence electrons. The van der Waals surface area contributed by atoms with Crippen molar-refractivity contribution in [2.24, 2.45) is 0 Å². The topological polar surface area (TPSA) is 96.0 Å². The molecular formula is C16H24O7. The van der Waals surface area contributed by atoms with Crippen LogP contribution in [0.25, 0.3) is 0 Å². The van der Waals surface area contributed by atoms with Crippen molar-refractivity contribution in [2.45, 2.75) is 47.3 Å². The lowest BCUT2D eigenvalue weighted by Crippen LogP contribution is -2.32. The summed E-state index contributed by atoms with van der Waals surface area (Å²) in [6.45, 7) is 11.7. The minimum Gasteiger partial charge on any atom is -0.455 e. The second-order valence-corrected chi connectivity index (χ2v) is 4.73. The summed E-state index contributed by atoms with van der Waals surface area (Å²) in [5, 5.41) is 0. The number of hydrogen-bond acceptors (Lipinski definition) is 7. The van der Waals surface area contributed by atoms with E-state index in [2.05, 4.69) is 13.2 Å². The quantitative estimate of drug-likeness (QED) is 0.380. The number of carbonyl (C=O) groups excluding carboxylic acids is 4. The predicted octanol–water partition coefficient (Wildman–Crippen LogP) is 1.75. The fraction of sp³-hybridized carbons (Fsp3) is 0.500. The molecule has 23 heavy (non-hydrogen) atoms. The molecule has 0 aromatic rings. The Morgan fingerprint density at radius 1 is 0.870 bits per heavy atom. The summed E-state index contributed by atoms with van der Waals surface area (Å²) < 4.78 is 14.2. The van der Waals surface area contributed by atoms with Gasteiger partial charge >= 0.3 is 17.9 Å². The molecule has 7 nitrogen and oxygen atoms in total. The van der Waals surface area contributed by atoms with Crippen molar-refractivity contribution < 1.29 is 33.4 Å². The van der Waals surface area contributed by atoms with Gasteiger partial charge < -0.3 is 14.2 Å². The van der Waals surface area contributed by atoms with E-state index in [0.717, 1.165) is 0 Å². The van der Waals surface area contributed by atoms with Gasteiger partial charge in [-0.15, -0.1) is 0 Å². The summed E-state index contributed by atoms with van der Waals surface area (Å²) in [6.07, 6.45) is -2.25. The maximum Gasteiger partial charge on any atom is 0.347 e. The van der Waals surface area contributed by atoms with Crippen LogP contribution in [0.15, 0.2) is 24.3 Å². The van der Waals surface area contributed by atoms with Crippen molar-refractivity contribution in [3.8, 4) is 0 Å². The zero-order chi connectivity index (χ0) is 17.4. The third-order valence-corrected chi connectivity index (χ3v) is 2.41. The van der Waals surface area contributed by atoms with Crippen LogP contribution in [-0.2, 0) is 33.4 Å². The lowest BCUT2D eigenvalue weighted by atomic mass is 10.2. The van der Waals surface area contributed by atoms with E-state index in [-0.39, 0.29) is 18.6 Å². The van der Waals surface area contributed by atoms with Crippen molar-refractivity contribution >= 4 is 23.7 Å². The minimum absolute atomic E-state index is 0. The molecule has 0 fully saturated rings. The van der Waals surface area contributed by atoms with E-state index in [1.807, 2.05) is 0 Å². The van der Waals surface area contributed by atoms with Gasteiger partial charge in [0.25, 0.3) is 0 Å². The van der Waals surface area contributed by atoms with Gasteiger partial charge in [-0.3, -0.25) is 4.79 Å². The molecule has 7 heteroatoms. The van der Waals surface area contributed by atoms with E-state index in [4.69, 9.17) is 14.2 Å². The number of rotatable bonds is 8. The molecular weight excluding hydrogens is 304 g/mol. The Morgan fingerprint density at radius 3 is 1.65 bits per heavy atom. The number of ether oxygens (including phenoxy) is 3. The monoisotopic (exact) mass is 328 g/mol. The Balaban J connectivity index is 0. The summed E-state index contributed by atoms with van der Waals surface area (Å²) in [6, 6.07) is 0. The average Bonchev–Trinajstić information content (AvgIpc) is 2.43. The lowest BCUT2D eigenvalue weighted by molar-refractivity contribution is -0.167. The molecule has 0 rings (SSSR count). The molecule has 0 aromatic carbocycles. The van der Waals surface area contributed by atoms with E-state index >= 15 is 0 Å². The molecule has 0 amide bonds. The zero-order valence-electron chi connectivity index (χ0n) is 13.1. The van der Waals surface area contributed by atoms with Crippen LogP contribution in [0.5, 0.6) is 0 Å². The fourth-order valence-electron chi connectivity index (χ4n) is 1.01. The van der Waals surface area contributed by atoms with Crippen molar-refractivity contribution in [3.63, 3.8) is 0 Å². The Bertz CT molecular complexity index is 459. The third kappa shape index (κ3) is 8.55. The smallest absolute Gasteiger partial charge is 0.347 e. The maximum absolute atomic E-state index is 11.7. The second kappa shape index (κ2) is 10.3. The van der Waals surface area contributed by atoms with Crippen molar-refractivity contribution in [1.29, 1.82) is 0 Å². The standard InChI is InChI=1S/C15H20O7.CH4/c1-8(2)13(17)21-10(5)12(16)7-20-15(19)11(6)22-14(18)9(3)4;/h10-11H,1,3,7H2,2,4-6H3;1H4. The normalized spacial score (nSPS) is 12.0. The Hall–Kier alpha value is -2.44. The van der Waals surface area contributed by atoms with Gasteiger partial charge in [-0.1, -0.05) is 20.6 Å². The van der Waals surface area contributed by atoms with E-state index < -0.39 is 42.5 Å². The molecule has 0 aliphatic carbocycles. The van der Waals surface area contributed by atoms with Crippen LogP contribution in [0.4, 0.5) is 0 Å². The van der Waals surface area contributed by atoms with Crippen LogP contribution in [-0.4, -0.2) is 42.5 Å². The zero-order valence-corrected chi connectivity index (χ0v) is 13.1. The van der Waals surface area contributed by atoms with Crippen LogP contribution in [0.2, 0.25) is 0 Å². The van der Waals surface area contributed by atoms with Gasteiger partial charge in [-0.2, -0.15) is 0 Å². The van der Waals surface area contributed by atoms with Gasteiger partial charge in [-0.05, 0) is 27.7 Å². The molecule has 0 radical (unpaired) electrons. The molecule has 0 N–H and O–H groups in total. The van der Waals surface area contributed by atoms with E-state index in [9.17, 15) is 19.2 Å². The molecule has 0 saturated heterocycles. The summed E-state index contributed by atoms with van der Waals surface area (Å²) >= 11 is 0. The minimum atomic E-state index is -1.18. The van der Waals surface area contributed by atoms with Crippen molar-refractivity contribution in [3.05, 3.63) is 24.3 Å². The number of carbonyl (C=O) groups is 4. The first-order valence-corrected chi connectivity index (χ1v) is 6.48. The van der Waals surface area contributed by atoms with Crippen LogP contribution in [0.1, 0.15) is 35.1 Å². The third-order valence-electron chi connectivity index (χ3n) is 2.41. The highest BCUT2D eigenvalue weighted by Gasteiger charge is 2.23. The van der Waals surface area contributed by atoms with Gasteiger partial charge in [0.15, 0.2) is 18.8 Å². The highest BCUT2D eigenvalue weighted by molar-refractivity contribution is 5.92. The van der Waals surface area contributed by atoms with Crippen molar-refractivity contribution in [1.82, 2.24) is 0 Å². The Kier molecular flexibility index (Phi) is 10.2.